The van der Waals surface area contributed by atoms with Crippen molar-refractivity contribution in [1.29, 1.82) is 0 Å². The average Bonchev–Trinajstić information content (AvgIpc) is 2.64. The molecular formula is C11H17N3. The molecule has 2 heterocycles. The van der Waals surface area contributed by atoms with Gasteiger partial charge >= 0.3 is 0 Å². The van der Waals surface area contributed by atoms with Crippen LogP contribution in [0, 0.1) is 0 Å². The molecule has 0 saturated heterocycles. The van der Waals surface area contributed by atoms with Crippen LogP contribution in [0.3, 0.4) is 0 Å². The summed E-state index contributed by atoms with van der Waals surface area (Å²) in [7, 11) is 1.95. The van der Waals surface area contributed by atoms with Crippen LogP contribution in [-0.2, 0) is 13.5 Å². The molecule has 2 aromatic rings. The van der Waals surface area contributed by atoms with Gasteiger partial charge in [-0.2, -0.15) is 5.10 Å². The second kappa shape index (κ2) is 4.74. The first-order valence-electron chi connectivity index (χ1n) is 5.08. The summed E-state index contributed by atoms with van der Waals surface area (Å²) >= 11 is 0. The zero-order valence-corrected chi connectivity index (χ0v) is 9.28. The number of hydrogen-bond acceptors (Lipinski definition) is 2. The molecule has 0 fully saturated rings. The summed E-state index contributed by atoms with van der Waals surface area (Å²) in [4.78, 5) is 4.23. The standard InChI is InChI=1S/C9H11N3.C2H6/c1-3-7-4-5-10-8-6-11-12(2)9(7)8;1-2/h4-6H,3H2,1-2H3;1-2H3. The first-order valence-corrected chi connectivity index (χ1v) is 5.08. The van der Waals surface area contributed by atoms with Crippen LogP contribution in [0.25, 0.3) is 11.0 Å². The van der Waals surface area contributed by atoms with Gasteiger partial charge in [0.05, 0.1) is 11.7 Å². The van der Waals surface area contributed by atoms with E-state index in [1.54, 1.807) is 6.20 Å². The zero-order valence-electron chi connectivity index (χ0n) is 9.28. The number of aryl methyl sites for hydroxylation is 2. The SMILES string of the molecule is CC.CCc1ccnc2cnn(C)c12. The highest BCUT2D eigenvalue weighted by molar-refractivity contribution is 5.77. The van der Waals surface area contributed by atoms with Crippen molar-refractivity contribution in [2.75, 3.05) is 0 Å². The van der Waals surface area contributed by atoms with Gasteiger partial charge in [0.1, 0.15) is 5.52 Å². The zero-order chi connectivity index (χ0) is 10.6. The molecule has 3 nitrogen and oxygen atoms in total. The van der Waals surface area contributed by atoms with Crippen LogP contribution in [0.4, 0.5) is 0 Å². The van der Waals surface area contributed by atoms with Gasteiger partial charge in [0.15, 0.2) is 0 Å². The molecule has 2 rings (SSSR count). The van der Waals surface area contributed by atoms with Gasteiger partial charge in [-0.3, -0.25) is 9.67 Å². The van der Waals surface area contributed by atoms with Crippen molar-refractivity contribution < 1.29 is 0 Å². The van der Waals surface area contributed by atoms with E-state index < -0.39 is 0 Å². The Balaban J connectivity index is 0.000000461. The largest absolute Gasteiger partial charge is 0.266 e. The first kappa shape index (κ1) is 10.7. The number of nitrogens with zero attached hydrogens (tertiary/aromatic N) is 3. The topological polar surface area (TPSA) is 30.7 Å². The molecule has 0 amide bonds. The summed E-state index contributed by atoms with van der Waals surface area (Å²) in [6, 6.07) is 2.05. The molecule has 0 aliphatic rings. The van der Waals surface area contributed by atoms with Crippen molar-refractivity contribution >= 4 is 11.0 Å². The fourth-order valence-corrected chi connectivity index (χ4v) is 1.46. The van der Waals surface area contributed by atoms with Gasteiger partial charge in [-0.1, -0.05) is 20.8 Å². The molecule has 0 aliphatic heterocycles. The minimum absolute atomic E-state index is 0.983. The average molecular weight is 191 g/mol. The normalized spacial score (nSPS) is 9.71. The first-order chi connectivity index (χ1) is 6.83. The van der Waals surface area contributed by atoms with Crippen molar-refractivity contribution in [2.24, 2.45) is 7.05 Å². The Morgan fingerprint density at radius 2 is 2.07 bits per heavy atom. The lowest BCUT2D eigenvalue weighted by Crippen LogP contribution is -1.93. The highest BCUT2D eigenvalue weighted by Gasteiger charge is 2.03. The van der Waals surface area contributed by atoms with Gasteiger partial charge in [0.2, 0.25) is 0 Å². The second-order valence-corrected chi connectivity index (χ2v) is 2.83. The minimum Gasteiger partial charge on any atom is -0.266 e. The predicted octanol–water partition coefficient (Wildman–Crippen LogP) is 2.56. The van der Waals surface area contributed by atoms with E-state index in [1.807, 2.05) is 37.8 Å². The van der Waals surface area contributed by atoms with Crippen molar-refractivity contribution in [3.8, 4) is 0 Å². The third kappa shape index (κ3) is 1.76. The fourth-order valence-electron chi connectivity index (χ4n) is 1.46. The van der Waals surface area contributed by atoms with Gasteiger partial charge in [-0.15, -0.1) is 0 Å². The fraction of sp³-hybridized carbons (Fsp3) is 0.455. The number of rotatable bonds is 1. The monoisotopic (exact) mass is 191 g/mol. The Kier molecular flexibility index (Phi) is 3.63. The molecule has 3 heteroatoms. The van der Waals surface area contributed by atoms with E-state index in [-0.39, 0.29) is 0 Å². The summed E-state index contributed by atoms with van der Waals surface area (Å²) in [6.45, 7) is 6.14. The number of fused-ring (bicyclic) bond motifs is 1. The van der Waals surface area contributed by atoms with Crippen LogP contribution >= 0.6 is 0 Å². The van der Waals surface area contributed by atoms with Crippen LogP contribution in [0.2, 0.25) is 0 Å². The molecule has 0 aliphatic carbocycles. The lowest BCUT2D eigenvalue weighted by molar-refractivity contribution is 0.792. The van der Waals surface area contributed by atoms with E-state index >= 15 is 0 Å². The predicted molar refractivity (Wildman–Crippen MR) is 59.2 cm³/mol. The highest BCUT2D eigenvalue weighted by Crippen LogP contribution is 2.15. The van der Waals surface area contributed by atoms with Crippen molar-refractivity contribution in [2.45, 2.75) is 27.2 Å². The minimum atomic E-state index is 0.983. The smallest absolute Gasteiger partial charge is 0.109 e. The lowest BCUT2D eigenvalue weighted by atomic mass is 10.2. The third-order valence-corrected chi connectivity index (χ3v) is 2.09. The lowest BCUT2D eigenvalue weighted by Gasteiger charge is -1.99. The molecule has 0 unspecified atom stereocenters. The molecule has 0 aromatic carbocycles. The Labute approximate surface area is 84.8 Å². The van der Waals surface area contributed by atoms with E-state index in [2.05, 4.69) is 17.0 Å². The maximum absolute atomic E-state index is 4.23. The summed E-state index contributed by atoms with van der Waals surface area (Å²) in [6.07, 6.45) is 4.66. The van der Waals surface area contributed by atoms with Gasteiger partial charge in [0, 0.05) is 13.2 Å². The van der Waals surface area contributed by atoms with Gasteiger partial charge < -0.3 is 0 Å². The maximum Gasteiger partial charge on any atom is 0.109 e. The van der Waals surface area contributed by atoms with Crippen LogP contribution in [0.5, 0.6) is 0 Å². The van der Waals surface area contributed by atoms with Gasteiger partial charge in [0.25, 0.3) is 0 Å². The number of pyridine rings is 1. The summed E-state index contributed by atoms with van der Waals surface area (Å²) < 4.78 is 1.88. The van der Waals surface area contributed by atoms with E-state index in [0.29, 0.717) is 0 Å². The van der Waals surface area contributed by atoms with Crippen LogP contribution in [-0.4, -0.2) is 14.8 Å². The van der Waals surface area contributed by atoms with Crippen LogP contribution in [0.1, 0.15) is 26.3 Å². The maximum atomic E-state index is 4.23. The van der Waals surface area contributed by atoms with E-state index in [0.717, 1.165) is 17.5 Å². The molecule has 0 N–H and O–H groups in total. The molecule has 76 valence electrons. The molecule has 0 radical (unpaired) electrons. The molecule has 0 spiro atoms. The Hall–Kier alpha value is -1.38. The van der Waals surface area contributed by atoms with E-state index in [1.165, 1.54) is 5.56 Å². The number of aromatic nitrogens is 3. The van der Waals surface area contributed by atoms with Gasteiger partial charge in [-0.05, 0) is 18.1 Å². The highest BCUT2D eigenvalue weighted by atomic mass is 15.3. The van der Waals surface area contributed by atoms with Gasteiger partial charge in [-0.25, -0.2) is 0 Å². The number of hydrogen-bond donors (Lipinski definition) is 0. The Bertz CT molecular complexity index is 404. The summed E-state index contributed by atoms with van der Waals surface area (Å²) in [5.41, 5.74) is 3.44. The molecule has 0 bridgehead atoms. The van der Waals surface area contributed by atoms with Crippen LogP contribution in [0.15, 0.2) is 18.5 Å². The van der Waals surface area contributed by atoms with Crippen LogP contribution < -0.4 is 0 Å². The Morgan fingerprint density at radius 3 is 2.71 bits per heavy atom. The molecule has 0 atom stereocenters. The summed E-state index contributed by atoms with van der Waals surface area (Å²) in [5, 5.41) is 4.16. The molecular weight excluding hydrogens is 174 g/mol. The quantitative estimate of drug-likeness (QED) is 0.693. The molecule has 2 aromatic heterocycles. The molecule has 0 saturated carbocycles. The van der Waals surface area contributed by atoms with E-state index in [9.17, 15) is 0 Å². The Morgan fingerprint density at radius 1 is 1.36 bits per heavy atom. The van der Waals surface area contributed by atoms with Crippen molar-refractivity contribution in [3.05, 3.63) is 24.0 Å². The second-order valence-electron chi connectivity index (χ2n) is 2.83. The summed E-state index contributed by atoms with van der Waals surface area (Å²) in [5.74, 6) is 0. The van der Waals surface area contributed by atoms with E-state index in [4.69, 9.17) is 0 Å². The van der Waals surface area contributed by atoms with Crippen molar-refractivity contribution in [1.82, 2.24) is 14.8 Å². The van der Waals surface area contributed by atoms with Crippen molar-refractivity contribution in [3.63, 3.8) is 0 Å². The third-order valence-electron chi connectivity index (χ3n) is 2.09. The molecule has 14 heavy (non-hydrogen) atoms.